The summed E-state index contributed by atoms with van der Waals surface area (Å²) in [4.78, 5) is 20.8. The molecule has 0 radical (unpaired) electrons. The molecule has 0 spiro atoms. The van der Waals surface area contributed by atoms with E-state index in [0.717, 1.165) is 0 Å². The standard InChI is InChI=1S/C20H19N5O4S/c1-14-12-19(26)25-20(21-14)22-18(23-25)13-24(15-8-10-16(29-2)11-9-15)30(27,28)17-6-4-3-5-7-17/h3-12H,13H2,1-2H3,(H,21,22,23). The van der Waals surface area contributed by atoms with E-state index < -0.39 is 10.0 Å². The van der Waals surface area contributed by atoms with Gasteiger partial charge in [-0.05, 0) is 43.3 Å². The van der Waals surface area contributed by atoms with E-state index in [1.807, 2.05) is 0 Å². The second-order valence-electron chi connectivity index (χ2n) is 6.56. The zero-order valence-electron chi connectivity index (χ0n) is 16.3. The van der Waals surface area contributed by atoms with Crippen LogP contribution in [0.2, 0.25) is 0 Å². The van der Waals surface area contributed by atoms with Crippen LogP contribution in [0.3, 0.4) is 0 Å². The number of ether oxygens (including phenoxy) is 1. The molecule has 2 heterocycles. The summed E-state index contributed by atoms with van der Waals surface area (Å²) >= 11 is 0. The first kappa shape index (κ1) is 19.6. The van der Waals surface area contributed by atoms with Crippen molar-refractivity contribution in [2.45, 2.75) is 18.4 Å². The summed E-state index contributed by atoms with van der Waals surface area (Å²) in [5, 5.41) is 2.84. The lowest BCUT2D eigenvalue weighted by Crippen LogP contribution is -2.31. The number of aromatic nitrogens is 4. The summed E-state index contributed by atoms with van der Waals surface area (Å²) in [5.41, 5.74) is 0.636. The number of hydrogen-bond acceptors (Lipinski definition) is 6. The predicted molar refractivity (Wildman–Crippen MR) is 111 cm³/mol. The minimum absolute atomic E-state index is 0.120. The van der Waals surface area contributed by atoms with Gasteiger partial charge in [-0.15, -0.1) is 0 Å². The number of hydrogen-bond donors (Lipinski definition) is 1. The van der Waals surface area contributed by atoms with Crippen molar-refractivity contribution in [3.05, 3.63) is 82.5 Å². The molecule has 4 rings (SSSR count). The molecule has 0 saturated carbocycles. The van der Waals surface area contributed by atoms with Crippen LogP contribution in [0.4, 0.5) is 5.69 Å². The molecule has 0 atom stereocenters. The Morgan fingerprint density at radius 2 is 1.77 bits per heavy atom. The molecule has 0 amide bonds. The van der Waals surface area contributed by atoms with E-state index in [1.54, 1.807) is 49.4 Å². The molecule has 0 fully saturated rings. The molecule has 0 bridgehead atoms. The van der Waals surface area contributed by atoms with Crippen LogP contribution in [0.1, 0.15) is 11.5 Å². The van der Waals surface area contributed by atoms with Crippen molar-refractivity contribution >= 4 is 21.5 Å². The van der Waals surface area contributed by atoms with E-state index in [1.165, 1.54) is 34.1 Å². The molecule has 10 heteroatoms. The van der Waals surface area contributed by atoms with Gasteiger partial charge in [0, 0.05) is 11.8 Å². The number of nitrogens with one attached hydrogen (secondary N) is 1. The lowest BCUT2D eigenvalue weighted by atomic mass is 10.3. The number of benzene rings is 2. The smallest absolute Gasteiger partial charge is 0.274 e. The van der Waals surface area contributed by atoms with Gasteiger partial charge in [0.2, 0.25) is 0 Å². The van der Waals surface area contributed by atoms with Crippen molar-refractivity contribution in [2.24, 2.45) is 0 Å². The molecule has 0 aliphatic carbocycles. The molecule has 1 N–H and O–H groups in total. The Balaban J connectivity index is 1.81. The van der Waals surface area contributed by atoms with Gasteiger partial charge in [-0.1, -0.05) is 18.2 Å². The Hall–Kier alpha value is -3.66. The summed E-state index contributed by atoms with van der Waals surface area (Å²) in [6.07, 6.45) is 0. The summed E-state index contributed by atoms with van der Waals surface area (Å²) in [6, 6.07) is 16.1. The lowest BCUT2D eigenvalue weighted by molar-refractivity contribution is 0.415. The first-order valence-corrected chi connectivity index (χ1v) is 10.5. The van der Waals surface area contributed by atoms with Crippen molar-refractivity contribution in [3.8, 4) is 5.75 Å². The number of H-pyrrole nitrogens is 1. The van der Waals surface area contributed by atoms with E-state index in [2.05, 4.69) is 15.1 Å². The Bertz CT molecular complexity index is 1350. The van der Waals surface area contributed by atoms with Crippen molar-refractivity contribution < 1.29 is 13.2 Å². The first-order valence-electron chi connectivity index (χ1n) is 9.05. The van der Waals surface area contributed by atoms with Crippen molar-refractivity contribution in [2.75, 3.05) is 11.4 Å². The number of fused-ring (bicyclic) bond motifs is 1. The second kappa shape index (κ2) is 7.64. The van der Waals surface area contributed by atoms with Crippen LogP contribution in [0.5, 0.6) is 5.75 Å². The van der Waals surface area contributed by atoms with E-state index in [0.29, 0.717) is 17.1 Å². The largest absolute Gasteiger partial charge is 0.497 e. The molecule has 0 aliphatic heterocycles. The molecule has 0 aliphatic rings. The average Bonchev–Trinajstić information content (AvgIpc) is 3.15. The SMILES string of the molecule is COc1ccc(N(Cc2nc3nc(C)cc(=O)n3[nH]2)S(=O)(=O)c2ccccc2)cc1. The number of nitrogens with zero attached hydrogens (tertiary/aromatic N) is 4. The van der Waals surface area contributed by atoms with Crippen molar-refractivity contribution in [1.29, 1.82) is 0 Å². The first-order chi connectivity index (χ1) is 14.4. The van der Waals surface area contributed by atoms with Gasteiger partial charge in [-0.2, -0.15) is 9.50 Å². The fraction of sp³-hybridized carbons (Fsp3) is 0.150. The highest BCUT2D eigenvalue weighted by Gasteiger charge is 2.26. The van der Waals surface area contributed by atoms with Crippen LogP contribution < -0.4 is 14.6 Å². The molecular formula is C20H19N5O4S. The summed E-state index contributed by atoms with van der Waals surface area (Å²) in [5.74, 6) is 1.06. The number of rotatable bonds is 6. The summed E-state index contributed by atoms with van der Waals surface area (Å²) in [6.45, 7) is 1.57. The third-order valence-corrected chi connectivity index (χ3v) is 6.28. The van der Waals surface area contributed by atoms with Crippen LogP contribution in [0.15, 0.2) is 70.4 Å². The Labute approximate surface area is 172 Å². The van der Waals surface area contributed by atoms with Gasteiger partial charge in [-0.25, -0.2) is 13.4 Å². The third kappa shape index (κ3) is 3.64. The molecule has 9 nitrogen and oxygen atoms in total. The fourth-order valence-electron chi connectivity index (χ4n) is 3.03. The summed E-state index contributed by atoms with van der Waals surface area (Å²) < 4.78 is 34.4. The highest BCUT2D eigenvalue weighted by atomic mass is 32.2. The molecule has 154 valence electrons. The van der Waals surface area contributed by atoms with Crippen LogP contribution >= 0.6 is 0 Å². The molecule has 2 aromatic heterocycles. The highest BCUT2D eigenvalue weighted by molar-refractivity contribution is 7.92. The summed E-state index contributed by atoms with van der Waals surface area (Å²) in [7, 11) is -2.37. The number of sulfonamides is 1. The lowest BCUT2D eigenvalue weighted by Gasteiger charge is -2.23. The van der Waals surface area contributed by atoms with Crippen LogP contribution in [-0.4, -0.2) is 35.1 Å². The number of aromatic amines is 1. The van der Waals surface area contributed by atoms with Crippen LogP contribution in [-0.2, 0) is 16.6 Å². The maximum absolute atomic E-state index is 13.4. The van der Waals surface area contributed by atoms with Gasteiger partial charge in [0.1, 0.15) is 11.6 Å². The van der Waals surface area contributed by atoms with Crippen LogP contribution in [0.25, 0.3) is 5.78 Å². The van der Waals surface area contributed by atoms with Gasteiger partial charge in [0.05, 0.1) is 24.2 Å². The molecule has 0 saturated heterocycles. The number of aryl methyl sites for hydroxylation is 1. The van der Waals surface area contributed by atoms with E-state index in [-0.39, 0.29) is 28.6 Å². The van der Waals surface area contributed by atoms with Gasteiger partial charge in [-0.3, -0.25) is 14.2 Å². The predicted octanol–water partition coefficient (Wildman–Crippen LogP) is 2.13. The van der Waals surface area contributed by atoms with Crippen molar-refractivity contribution in [3.63, 3.8) is 0 Å². The molecule has 4 aromatic rings. The highest BCUT2D eigenvalue weighted by Crippen LogP contribution is 2.27. The fourth-order valence-corrected chi connectivity index (χ4v) is 4.47. The molecule has 30 heavy (non-hydrogen) atoms. The molecular weight excluding hydrogens is 406 g/mol. The van der Waals surface area contributed by atoms with Gasteiger partial charge in [0.25, 0.3) is 21.4 Å². The van der Waals surface area contributed by atoms with Gasteiger partial charge >= 0.3 is 0 Å². The normalized spacial score (nSPS) is 11.5. The Kier molecular flexibility index (Phi) is 5.00. The van der Waals surface area contributed by atoms with Gasteiger partial charge in [0.15, 0.2) is 0 Å². The van der Waals surface area contributed by atoms with E-state index in [9.17, 15) is 13.2 Å². The number of methoxy groups -OCH3 is 1. The number of anilines is 1. The van der Waals surface area contributed by atoms with E-state index in [4.69, 9.17) is 4.74 Å². The van der Waals surface area contributed by atoms with Crippen LogP contribution in [0, 0.1) is 6.92 Å². The zero-order valence-corrected chi connectivity index (χ0v) is 17.1. The topological polar surface area (TPSA) is 110 Å². The Morgan fingerprint density at radius 1 is 1.07 bits per heavy atom. The minimum Gasteiger partial charge on any atom is -0.497 e. The molecule has 0 unspecified atom stereocenters. The Morgan fingerprint density at radius 3 is 2.43 bits per heavy atom. The van der Waals surface area contributed by atoms with Crippen molar-refractivity contribution in [1.82, 2.24) is 19.6 Å². The van der Waals surface area contributed by atoms with Gasteiger partial charge < -0.3 is 4.74 Å². The maximum Gasteiger partial charge on any atom is 0.274 e. The second-order valence-corrected chi connectivity index (χ2v) is 8.43. The minimum atomic E-state index is -3.90. The third-order valence-electron chi connectivity index (χ3n) is 4.49. The average molecular weight is 425 g/mol. The molecule has 2 aromatic carbocycles. The quantitative estimate of drug-likeness (QED) is 0.507. The zero-order chi connectivity index (χ0) is 21.3. The van der Waals surface area contributed by atoms with E-state index >= 15 is 0 Å². The maximum atomic E-state index is 13.4. The monoisotopic (exact) mass is 425 g/mol.